The van der Waals surface area contributed by atoms with Crippen LogP contribution in [0.15, 0.2) is 47.5 Å². The van der Waals surface area contributed by atoms with Crippen molar-refractivity contribution in [2.45, 2.75) is 38.1 Å². The Bertz CT molecular complexity index is 1600. The molecule has 9 nitrogen and oxygen atoms in total. The Morgan fingerprint density at radius 2 is 1.88 bits per heavy atom. The number of rotatable bonds is 5. The number of halogens is 5. The Labute approximate surface area is 252 Å². The standard InChI is InChI=1S/C28H28F4IN7O2/c1-14-12-40(13-15(2)39(14)3)22-10-20(29)17(16-4-6-34-25(16)26-35-7-5-23(33)38-26)8-21(22)37-27(42)18-11-36-24(41)9-19(18)28(30,31)32/h4-5,7-11,14-15,25,34H,6,12-13H2,1-3H3,(H,36,41)(H,37,42)/t14-,15+,25?. The van der Waals surface area contributed by atoms with Crippen molar-refractivity contribution >= 4 is 45.4 Å². The van der Waals surface area contributed by atoms with Crippen molar-refractivity contribution in [3.63, 3.8) is 0 Å². The van der Waals surface area contributed by atoms with Gasteiger partial charge in [0.2, 0.25) is 5.56 Å². The van der Waals surface area contributed by atoms with E-state index in [-0.39, 0.29) is 23.3 Å². The van der Waals surface area contributed by atoms with Crippen LogP contribution in [0.3, 0.4) is 0 Å². The van der Waals surface area contributed by atoms with Crippen molar-refractivity contribution in [3.8, 4) is 0 Å². The van der Waals surface area contributed by atoms with Gasteiger partial charge < -0.3 is 20.5 Å². The van der Waals surface area contributed by atoms with Gasteiger partial charge in [-0.1, -0.05) is 6.08 Å². The van der Waals surface area contributed by atoms with E-state index in [2.05, 4.69) is 53.1 Å². The van der Waals surface area contributed by atoms with Crippen LogP contribution in [0.4, 0.5) is 28.9 Å². The van der Waals surface area contributed by atoms with E-state index in [4.69, 9.17) is 0 Å². The number of nitrogens with one attached hydrogen (secondary N) is 3. The number of benzene rings is 1. The molecule has 1 aromatic carbocycles. The van der Waals surface area contributed by atoms with E-state index in [1.54, 1.807) is 18.3 Å². The monoisotopic (exact) mass is 697 g/mol. The number of aromatic nitrogens is 3. The molecule has 1 fully saturated rings. The van der Waals surface area contributed by atoms with Crippen molar-refractivity contribution in [1.29, 1.82) is 0 Å². The molecule has 0 saturated carbocycles. The summed E-state index contributed by atoms with van der Waals surface area (Å²) >= 11 is 2.06. The molecule has 3 aromatic rings. The lowest BCUT2D eigenvalue weighted by Gasteiger charge is -2.44. The minimum atomic E-state index is -4.94. The van der Waals surface area contributed by atoms with Gasteiger partial charge in [0.25, 0.3) is 5.91 Å². The Morgan fingerprint density at radius 1 is 1.17 bits per heavy atom. The van der Waals surface area contributed by atoms with Gasteiger partial charge in [0.1, 0.15) is 9.52 Å². The van der Waals surface area contributed by atoms with Crippen molar-refractivity contribution in [1.82, 2.24) is 25.2 Å². The van der Waals surface area contributed by atoms with E-state index >= 15 is 4.39 Å². The predicted molar refractivity (Wildman–Crippen MR) is 159 cm³/mol. The smallest absolute Gasteiger partial charge is 0.367 e. The minimum absolute atomic E-state index is 0.0832. The first-order valence-corrected chi connectivity index (χ1v) is 14.2. The van der Waals surface area contributed by atoms with Crippen molar-refractivity contribution < 1.29 is 22.4 Å². The highest BCUT2D eigenvalue weighted by Crippen LogP contribution is 2.39. The van der Waals surface area contributed by atoms with Crippen LogP contribution < -0.4 is 21.1 Å². The van der Waals surface area contributed by atoms with Gasteiger partial charge in [0.05, 0.1) is 28.5 Å². The summed E-state index contributed by atoms with van der Waals surface area (Å²) in [6, 6.07) is 4.45. The number of hydrogen-bond donors (Lipinski definition) is 3. The van der Waals surface area contributed by atoms with Gasteiger partial charge in [-0.25, -0.2) is 14.4 Å². The second-order valence-electron chi connectivity index (χ2n) is 10.4. The highest BCUT2D eigenvalue weighted by atomic mass is 127. The first kappa shape index (κ1) is 30.1. The zero-order chi connectivity index (χ0) is 30.3. The first-order valence-electron chi connectivity index (χ1n) is 13.2. The average molecular weight is 697 g/mol. The lowest BCUT2D eigenvalue weighted by molar-refractivity contribution is -0.138. The number of alkyl halides is 3. The SMILES string of the molecule is C[C@@H]1CN(c2cc(F)c(C3=CCNC3c3nccc(I)n3)cc2NC(=O)c2c[nH]c(=O)cc2C(F)(F)F)C[C@H](C)N1C. The molecule has 2 aliphatic rings. The Morgan fingerprint density at radius 3 is 2.55 bits per heavy atom. The normalized spacial score (nSPS) is 21.4. The fraction of sp³-hybridized carbons (Fsp3) is 0.357. The summed E-state index contributed by atoms with van der Waals surface area (Å²) in [5, 5.41) is 5.82. The number of carbonyl (C=O) groups excluding carboxylic acids is 1. The number of likely N-dealkylation sites (N-methyl/N-ethyl adjacent to an activating group) is 1. The van der Waals surface area contributed by atoms with Crippen molar-refractivity contribution in [2.75, 3.05) is 36.9 Å². The second kappa shape index (κ2) is 11.7. The largest absolute Gasteiger partial charge is 0.417 e. The summed E-state index contributed by atoms with van der Waals surface area (Å²) in [5.74, 6) is -1.22. The average Bonchev–Trinajstić information content (AvgIpc) is 3.41. The quantitative estimate of drug-likeness (QED) is 0.206. The van der Waals surface area contributed by atoms with Gasteiger partial charge in [0.15, 0.2) is 5.82 Å². The molecule has 3 atom stereocenters. The Hall–Kier alpha value is -3.37. The molecule has 222 valence electrons. The van der Waals surface area contributed by atoms with Crippen LogP contribution in [0, 0.1) is 9.52 Å². The van der Waals surface area contributed by atoms with Gasteiger partial charge >= 0.3 is 6.18 Å². The van der Waals surface area contributed by atoms with Crippen LogP contribution in [0.5, 0.6) is 0 Å². The Kier molecular flexibility index (Phi) is 8.40. The van der Waals surface area contributed by atoms with Crippen molar-refractivity contribution in [2.24, 2.45) is 0 Å². The molecule has 1 amide bonds. The molecule has 3 N–H and O–H groups in total. The molecular formula is C28H28F4IN7O2. The predicted octanol–water partition coefficient (Wildman–Crippen LogP) is 4.44. The molecule has 1 unspecified atom stereocenters. The molecule has 42 heavy (non-hydrogen) atoms. The third kappa shape index (κ3) is 6.06. The van der Waals surface area contributed by atoms with Crippen LogP contribution in [0.2, 0.25) is 0 Å². The highest BCUT2D eigenvalue weighted by Gasteiger charge is 2.37. The van der Waals surface area contributed by atoms with E-state index in [9.17, 15) is 22.8 Å². The number of nitrogens with zero attached hydrogens (tertiary/aromatic N) is 4. The molecule has 14 heteroatoms. The zero-order valence-electron chi connectivity index (χ0n) is 22.9. The molecule has 0 spiro atoms. The van der Waals surface area contributed by atoms with Gasteiger partial charge in [-0.2, -0.15) is 13.2 Å². The van der Waals surface area contributed by atoms with E-state index in [1.165, 1.54) is 12.1 Å². The number of piperazine rings is 1. The maximum Gasteiger partial charge on any atom is 0.417 e. The van der Waals surface area contributed by atoms with Gasteiger partial charge in [-0.3, -0.25) is 14.5 Å². The maximum absolute atomic E-state index is 16.0. The van der Waals surface area contributed by atoms with Crippen LogP contribution >= 0.6 is 22.6 Å². The zero-order valence-corrected chi connectivity index (χ0v) is 25.0. The fourth-order valence-corrected chi connectivity index (χ4v) is 5.74. The summed E-state index contributed by atoms with van der Waals surface area (Å²) in [6.07, 6.45) is -0.814. The number of aromatic amines is 1. The molecule has 5 rings (SSSR count). The number of pyridine rings is 1. The van der Waals surface area contributed by atoms with E-state index < -0.39 is 40.6 Å². The third-order valence-corrected chi connectivity index (χ3v) is 8.27. The van der Waals surface area contributed by atoms with Crippen LogP contribution in [-0.2, 0) is 6.18 Å². The summed E-state index contributed by atoms with van der Waals surface area (Å²) < 4.78 is 57.9. The number of carbonyl (C=O) groups is 1. The van der Waals surface area contributed by atoms with Crippen LogP contribution in [0.1, 0.15) is 47.2 Å². The number of amides is 1. The number of hydrogen-bond acceptors (Lipinski definition) is 7. The van der Waals surface area contributed by atoms with E-state index in [1.807, 2.05) is 25.8 Å². The number of anilines is 2. The van der Waals surface area contributed by atoms with Crippen LogP contribution in [-0.4, -0.2) is 64.5 Å². The molecule has 1 saturated heterocycles. The summed E-state index contributed by atoms with van der Waals surface area (Å²) in [5.41, 5.74) is -1.96. The van der Waals surface area contributed by atoms with E-state index in [0.717, 1.165) is 6.20 Å². The van der Waals surface area contributed by atoms with Crippen LogP contribution in [0.25, 0.3) is 5.57 Å². The highest BCUT2D eigenvalue weighted by molar-refractivity contribution is 14.1. The summed E-state index contributed by atoms with van der Waals surface area (Å²) in [6.45, 7) is 5.44. The molecule has 0 radical (unpaired) electrons. The molecule has 0 aliphatic carbocycles. The first-order chi connectivity index (χ1) is 19.8. The Balaban J connectivity index is 1.60. The van der Waals surface area contributed by atoms with Crippen molar-refractivity contribution in [3.05, 3.63) is 85.1 Å². The van der Waals surface area contributed by atoms with E-state index in [0.29, 0.717) is 46.5 Å². The second-order valence-corrected chi connectivity index (χ2v) is 11.5. The van der Waals surface area contributed by atoms with Gasteiger partial charge in [-0.15, -0.1) is 0 Å². The summed E-state index contributed by atoms with van der Waals surface area (Å²) in [7, 11) is 1.99. The molecule has 2 aliphatic heterocycles. The lowest BCUT2D eigenvalue weighted by Crippen LogP contribution is -2.55. The topological polar surface area (TPSA) is 106 Å². The molecule has 0 bridgehead atoms. The molecule has 2 aromatic heterocycles. The lowest BCUT2D eigenvalue weighted by atomic mass is 9.97. The molecular weight excluding hydrogens is 669 g/mol. The minimum Gasteiger partial charge on any atom is -0.367 e. The molecule has 4 heterocycles. The third-order valence-electron chi connectivity index (χ3n) is 7.67. The maximum atomic E-state index is 16.0. The van der Waals surface area contributed by atoms with Gasteiger partial charge in [-0.05, 0) is 67.3 Å². The summed E-state index contributed by atoms with van der Waals surface area (Å²) in [4.78, 5) is 40.0. The van der Waals surface area contributed by atoms with Gasteiger partial charge in [0, 0.05) is 55.7 Å². The number of H-pyrrole nitrogens is 1. The fourth-order valence-electron chi connectivity index (χ4n) is 5.33.